The van der Waals surface area contributed by atoms with Crippen LogP contribution in [-0.4, -0.2) is 46.2 Å². The second-order valence-electron chi connectivity index (χ2n) is 9.47. The Balaban J connectivity index is 1.38. The summed E-state index contributed by atoms with van der Waals surface area (Å²) in [6, 6.07) is 13.7. The number of halogens is 1. The molecule has 9 heteroatoms. The molecule has 2 aromatic carbocycles. The first kappa shape index (κ1) is 25.3. The number of carbonyl (C=O) groups excluding carboxylic acids is 1. The molecule has 0 spiro atoms. The van der Waals surface area contributed by atoms with Gasteiger partial charge in [0.1, 0.15) is 11.6 Å². The van der Waals surface area contributed by atoms with Gasteiger partial charge in [-0.15, -0.1) is 0 Å². The van der Waals surface area contributed by atoms with Gasteiger partial charge in [0, 0.05) is 36.8 Å². The Morgan fingerprint density at radius 1 is 1.26 bits per heavy atom. The van der Waals surface area contributed by atoms with Crippen LogP contribution in [-0.2, 0) is 6.54 Å². The van der Waals surface area contributed by atoms with Crippen molar-refractivity contribution < 1.29 is 13.9 Å². The van der Waals surface area contributed by atoms with Gasteiger partial charge < -0.3 is 20.7 Å². The minimum absolute atomic E-state index is 0.152. The number of H-pyrrole nitrogens is 1. The van der Waals surface area contributed by atoms with Gasteiger partial charge >= 0.3 is 0 Å². The highest BCUT2D eigenvalue weighted by atomic mass is 19.1. The molecule has 4 N–H and O–H groups in total. The standard InChI is InChI=1S/C29H31FN6O2/c1-3-12-36-13-4-5-20(17-36)23-15-24-26(28(31)35-34-24)27(33-23)19-8-6-18(7-9-19)16-32-29(37)22-14-21(30)10-11-25(22)38-2/h3,6-12,14-15,20H,4-5,13,16-17H2,1-2H3,(H,32,37)(H3,31,34,35). The topological polar surface area (TPSA) is 109 Å². The number of anilines is 1. The van der Waals surface area contributed by atoms with Crippen LogP contribution in [0.4, 0.5) is 10.2 Å². The SMILES string of the molecule is CC=CN1CCCC(c2cc3[nH]nc(N)c3c(-c3ccc(CNC(=O)c4cc(F)ccc4OC)cc3)n2)C1. The van der Waals surface area contributed by atoms with E-state index >= 15 is 0 Å². The summed E-state index contributed by atoms with van der Waals surface area (Å²) in [5.74, 6) is 0.129. The van der Waals surface area contributed by atoms with Crippen LogP contribution < -0.4 is 15.8 Å². The average molecular weight is 515 g/mol. The van der Waals surface area contributed by atoms with Crippen molar-refractivity contribution in [1.29, 1.82) is 0 Å². The number of pyridine rings is 1. The predicted molar refractivity (Wildman–Crippen MR) is 146 cm³/mol. The van der Waals surface area contributed by atoms with Crippen molar-refractivity contribution >= 4 is 22.6 Å². The van der Waals surface area contributed by atoms with Crippen LogP contribution in [0.3, 0.4) is 0 Å². The normalized spacial score (nSPS) is 15.8. The summed E-state index contributed by atoms with van der Waals surface area (Å²) in [6.45, 7) is 4.28. The summed E-state index contributed by atoms with van der Waals surface area (Å²) in [5.41, 5.74) is 10.8. The maximum Gasteiger partial charge on any atom is 0.255 e. The van der Waals surface area contributed by atoms with E-state index in [1.54, 1.807) is 0 Å². The van der Waals surface area contributed by atoms with E-state index in [2.05, 4.69) is 38.8 Å². The molecule has 1 atom stereocenters. The molecular weight excluding hydrogens is 483 g/mol. The fourth-order valence-electron chi connectivity index (χ4n) is 5.02. The fourth-order valence-corrected chi connectivity index (χ4v) is 5.02. The molecule has 1 unspecified atom stereocenters. The molecule has 196 valence electrons. The van der Waals surface area contributed by atoms with E-state index in [4.69, 9.17) is 15.5 Å². The Labute approximate surface area is 220 Å². The first-order chi connectivity index (χ1) is 18.5. The van der Waals surface area contributed by atoms with E-state index in [0.717, 1.165) is 59.3 Å². The number of piperidine rings is 1. The lowest BCUT2D eigenvalue weighted by Crippen LogP contribution is -2.30. The van der Waals surface area contributed by atoms with Gasteiger partial charge in [0.05, 0.1) is 29.3 Å². The van der Waals surface area contributed by atoms with Crippen LogP contribution >= 0.6 is 0 Å². The minimum atomic E-state index is -0.498. The molecule has 0 aliphatic carbocycles. The van der Waals surface area contributed by atoms with Gasteiger partial charge in [0.25, 0.3) is 5.91 Å². The monoisotopic (exact) mass is 514 g/mol. The highest BCUT2D eigenvalue weighted by Crippen LogP contribution is 2.34. The first-order valence-corrected chi connectivity index (χ1v) is 12.7. The van der Waals surface area contributed by atoms with E-state index in [-0.39, 0.29) is 12.1 Å². The number of nitrogens with one attached hydrogen (secondary N) is 2. The van der Waals surface area contributed by atoms with Crippen molar-refractivity contribution in [3.05, 3.63) is 83.4 Å². The van der Waals surface area contributed by atoms with Gasteiger partial charge in [0.15, 0.2) is 5.82 Å². The minimum Gasteiger partial charge on any atom is -0.496 e. The number of ether oxygens (including phenoxy) is 1. The number of nitrogen functional groups attached to an aromatic ring is 1. The molecule has 38 heavy (non-hydrogen) atoms. The number of benzene rings is 2. The van der Waals surface area contributed by atoms with E-state index in [9.17, 15) is 9.18 Å². The summed E-state index contributed by atoms with van der Waals surface area (Å²) < 4.78 is 18.9. The molecule has 2 aromatic heterocycles. The molecule has 3 heterocycles. The van der Waals surface area contributed by atoms with Gasteiger partial charge in [-0.25, -0.2) is 4.39 Å². The quantitative estimate of drug-likeness (QED) is 0.320. The molecule has 1 aliphatic heterocycles. The van der Waals surface area contributed by atoms with E-state index in [0.29, 0.717) is 17.5 Å². The van der Waals surface area contributed by atoms with Crippen molar-refractivity contribution in [2.75, 3.05) is 25.9 Å². The fraction of sp³-hybridized carbons (Fsp3) is 0.276. The number of carbonyl (C=O) groups is 1. The number of aromatic nitrogens is 3. The second kappa shape index (κ2) is 10.9. The summed E-state index contributed by atoms with van der Waals surface area (Å²) in [5, 5.41) is 10.9. The summed E-state index contributed by atoms with van der Waals surface area (Å²) in [4.78, 5) is 20.1. The Kier molecular flexibility index (Phi) is 7.26. The third kappa shape index (κ3) is 5.18. The Bertz CT molecular complexity index is 1480. The smallest absolute Gasteiger partial charge is 0.255 e. The zero-order valence-corrected chi connectivity index (χ0v) is 21.5. The molecule has 0 saturated carbocycles. The van der Waals surface area contributed by atoms with Crippen LogP contribution in [0.1, 0.15) is 47.3 Å². The van der Waals surface area contributed by atoms with E-state index < -0.39 is 11.7 Å². The molecule has 5 rings (SSSR count). The molecule has 8 nitrogen and oxygen atoms in total. The summed E-state index contributed by atoms with van der Waals surface area (Å²) in [6.07, 6.45) is 6.39. The lowest BCUT2D eigenvalue weighted by Gasteiger charge is -2.31. The largest absolute Gasteiger partial charge is 0.496 e. The summed E-state index contributed by atoms with van der Waals surface area (Å²) >= 11 is 0. The van der Waals surface area contributed by atoms with Gasteiger partial charge in [-0.3, -0.25) is 14.9 Å². The van der Waals surface area contributed by atoms with E-state index in [1.807, 2.05) is 31.2 Å². The molecule has 4 aromatic rings. The van der Waals surface area contributed by atoms with E-state index in [1.165, 1.54) is 25.3 Å². The number of nitrogens with zero attached hydrogens (tertiary/aromatic N) is 3. The lowest BCUT2D eigenvalue weighted by atomic mass is 9.93. The number of nitrogens with two attached hydrogens (primary N) is 1. The zero-order chi connectivity index (χ0) is 26.6. The molecule has 1 saturated heterocycles. The number of fused-ring (bicyclic) bond motifs is 1. The molecular formula is C29H31FN6O2. The van der Waals surface area contributed by atoms with Gasteiger partial charge in [-0.2, -0.15) is 5.10 Å². The third-order valence-electron chi connectivity index (χ3n) is 6.91. The van der Waals surface area contributed by atoms with Crippen molar-refractivity contribution in [1.82, 2.24) is 25.4 Å². The number of aromatic amines is 1. The maximum atomic E-state index is 13.7. The molecule has 1 amide bonds. The van der Waals surface area contributed by atoms with Crippen LogP contribution in [0.15, 0.2) is 60.8 Å². The van der Waals surface area contributed by atoms with Gasteiger partial charge in [-0.1, -0.05) is 30.3 Å². The van der Waals surface area contributed by atoms with Crippen molar-refractivity contribution in [3.8, 4) is 17.0 Å². The Morgan fingerprint density at radius 2 is 2.08 bits per heavy atom. The van der Waals surface area contributed by atoms with Crippen LogP contribution in [0.25, 0.3) is 22.2 Å². The number of likely N-dealkylation sites (tertiary alicyclic amines) is 1. The van der Waals surface area contributed by atoms with Crippen LogP contribution in [0, 0.1) is 5.82 Å². The van der Waals surface area contributed by atoms with Gasteiger partial charge in [0.2, 0.25) is 0 Å². The molecule has 1 aliphatic rings. The highest BCUT2D eigenvalue weighted by molar-refractivity contribution is 6.00. The van der Waals surface area contributed by atoms with Crippen molar-refractivity contribution in [2.45, 2.75) is 32.2 Å². The molecule has 0 radical (unpaired) electrons. The third-order valence-corrected chi connectivity index (χ3v) is 6.91. The molecule has 0 bridgehead atoms. The Hall–Kier alpha value is -4.40. The Morgan fingerprint density at radius 3 is 2.84 bits per heavy atom. The van der Waals surface area contributed by atoms with Crippen molar-refractivity contribution in [2.24, 2.45) is 0 Å². The second-order valence-corrected chi connectivity index (χ2v) is 9.47. The highest BCUT2D eigenvalue weighted by Gasteiger charge is 2.23. The number of allylic oxidation sites excluding steroid dienone is 1. The summed E-state index contributed by atoms with van der Waals surface area (Å²) in [7, 11) is 1.45. The molecule has 1 fully saturated rings. The van der Waals surface area contributed by atoms with Gasteiger partial charge in [-0.05, 0) is 55.8 Å². The lowest BCUT2D eigenvalue weighted by molar-refractivity contribution is 0.0947. The maximum absolute atomic E-state index is 13.7. The van der Waals surface area contributed by atoms with Crippen LogP contribution in [0.5, 0.6) is 5.75 Å². The zero-order valence-electron chi connectivity index (χ0n) is 21.5. The number of methoxy groups -OCH3 is 1. The number of hydrogen-bond donors (Lipinski definition) is 3. The number of hydrogen-bond acceptors (Lipinski definition) is 6. The van der Waals surface area contributed by atoms with Crippen molar-refractivity contribution in [3.63, 3.8) is 0 Å². The van der Waals surface area contributed by atoms with Crippen LogP contribution in [0.2, 0.25) is 0 Å². The predicted octanol–water partition coefficient (Wildman–Crippen LogP) is 5.00. The first-order valence-electron chi connectivity index (χ1n) is 12.7. The number of rotatable bonds is 7. The average Bonchev–Trinajstić information content (AvgIpc) is 3.32. The number of amides is 1.